The van der Waals surface area contributed by atoms with Crippen LogP contribution in [0.25, 0.3) is 0 Å². The number of urea groups is 1. The van der Waals surface area contributed by atoms with Gasteiger partial charge in [0.1, 0.15) is 5.54 Å². The lowest BCUT2D eigenvalue weighted by Crippen LogP contribution is -2.41. The molecule has 0 radical (unpaired) electrons. The van der Waals surface area contributed by atoms with Gasteiger partial charge in [-0.05, 0) is 48.2 Å². The van der Waals surface area contributed by atoms with Gasteiger partial charge in [0.05, 0.1) is 12.2 Å². The van der Waals surface area contributed by atoms with E-state index in [9.17, 15) is 9.59 Å². The number of hydrogen-bond acceptors (Lipinski definition) is 3. The summed E-state index contributed by atoms with van der Waals surface area (Å²) < 4.78 is 0. The number of halogens is 2. The first-order chi connectivity index (χ1) is 11.5. The Morgan fingerprint density at radius 3 is 2.75 bits per heavy atom. The molecule has 1 aliphatic heterocycles. The molecule has 1 aromatic carbocycles. The highest BCUT2D eigenvalue weighted by atomic mass is 35.5. The van der Waals surface area contributed by atoms with Crippen LogP contribution in [0.3, 0.4) is 0 Å². The molecule has 2 aromatic rings. The number of rotatable bonds is 2. The molecule has 2 heterocycles. The molecule has 1 unspecified atom stereocenters. The lowest BCUT2D eigenvalue weighted by molar-refractivity contribution is -0.132. The standard InChI is InChI=1S/C17H13Cl2N3O2/c18-11-1-2-14-10(7-11)3-5-17(14)15(23)22(16(24)21-17)9-13-8-12(19)4-6-20-13/h1-2,4,6-8H,3,5,9H2,(H,21,24). The fourth-order valence-corrected chi connectivity index (χ4v) is 3.84. The Bertz CT molecular complexity index is 871. The van der Waals surface area contributed by atoms with Crippen molar-refractivity contribution in [3.05, 3.63) is 63.4 Å². The third kappa shape index (κ3) is 2.27. The molecule has 3 amide bonds. The molecule has 0 bridgehead atoms. The van der Waals surface area contributed by atoms with Gasteiger partial charge >= 0.3 is 6.03 Å². The quantitative estimate of drug-likeness (QED) is 0.834. The molecule has 2 aliphatic rings. The highest BCUT2D eigenvalue weighted by Gasteiger charge is 2.55. The number of nitrogens with one attached hydrogen (secondary N) is 1. The van der Waals surface area contributed by atoms with Gasteiger partial charge < -0.3 is 5.32 Å². The summed E-state index contributed by atoms with van der Waals surface area (Å²) in [6.07, 6.45) is 2.79. The lowest BCUT2D eigenvalue weighted by atomic mass is 9.92. The van der Waals surface area contributed by atoms with Crippen LogP contribution in [0, 0.1) is 0 Å². The van der Waals surface area contributed by atoms with Gasteiger partial charge in [-0.2, -0.15) is 0 Å². The van der Waals surface area contributed by atoms with Crippen LogP contribution >= 0.6 is 23.2 Å². The molecule has 7 heteroatoms. The number of carbonyl (C=O) groups is 2. The molecule has 1 spiro atoms. The van der Waals surface area contributed by atoms with Crippen molar-refractivity contribution >= 4 is 35.1 Å². The van der Waals surface area contributed by atoms with Gasteiger partial charge in [-0.25, -0.2) is 4.79 Å². The number of amides is 3. The van der Waals surface area contributed by atoms with Crippen molar-refractivity contribution in [2.24, 2.45) is 0 Å². The van der Waals surface area contributed by atoms with Crippen LogP contribution in [0.2, 0.25) is 10.0 Å². The maximum atomic E-state index is 13.0. The van der Waals surface area contributed by atoms with Crippen molar-refractivity contribution in [3.63, 3.8) is 0 Å². The third-order valence-electron chi connectivity index (χ3n) is 4.57. The van der Waals surface area contributed by atoms with Gasteiger partial charge in [-0.3, -0.25) is 14.7 Å². The molecule has 1 atom stereocenters. The zero-order valence-electron chi connectivity index (χ0n) is 12.6. The Balaban J connectivity index is 1.68. The smallest absolute Gasteiger partial charge is 0.319 e. The molecule has 1 N–H and O–H groups in total. The number of benzene rings is 1. The maximum Gasteiger partial charge on any atom is 0.325 e. The fraction of sp³-hybridized carbons (Fsp3) is 0.235. The van der Waals surface area contributed by atoms with E-state index in [0.717, 1.165) is 11.1 Å². The molecule has 1 aromatic heterocycles. The minimum Gasteiger partial charge on any atom is -0.319 e. The number of fused-ring (bicyclic) bond motifs is 2. The molecule has 1 aliphatic carbocycles. The van der Waals surface area contributed by atoms with E-state index in [1.54, 1.807) is 24.4 Å². The first-order valence-electron chi connectivity index (χ1n) is 7.53. The maximum absolute atomic E-state index is 13.0. The SMILES string of the molecule is O=C1NC2(CCc3cc(Cl)ccc32)C(=O)N1Cc1cc(Cl)ccn1. The van der Waals surface area contributed by atoms with E-state index in [1.165, 1.54) is 4.90 Å². The van der Waals surface area contributed by atoms with E-state index in [-0.39, 0.29) is 12.5 Å². The van der Waals surface area contributed by atoms with Crippen molar-refractivity contribution in [1.29, 1.82) is 0 Å². The van der Waals surface area contributed by atoms with E-state index >= 15 is 0 Å². The minimum absolute atomic E-state index is 0.0932. The highest BCUT2D eigenvalue weighted by molar-refractivity contribution is 6.31. The number of imide groups is 1. The zero-order valence-corrected chi connectivity index (χ0v) is 14.1. The Hall–Kier alpha value is -2.11. The van der Waals surface area contributed by atoms with Crippen LogP contribution in [0.1, 0.15) is 23.2 Å². The Morgan fingerprint density at radius 2 is 1.96 bits per heavy atom. The first kappa shape index (κ1) is 15.4. The van der Waals surface area contributed by atoms with E-state index < -0.39 is 11.6 Å². The zero-order chi connectivity index (χ0) is 16.9. The van der Waals surface area contributed by atoms with Gasteiger partial charge in [0.2, 0.25) is 0 Å². The first-order valence-corrected chi connectivity index (χ1v) is 8.29. The van der Waals surface area contributed by atoms with E-state index in [1.807, 2.05) is 12.1 Å². The second-order valence-corrected chi connectivity index (χ2v) is 6.87. The summed E-state index contributed by atoms with van der Waals surface area (Å²) >= 11 is 12.0. The van der Waals surface area contributed by atoms with E-state index in [4.69, 9.17) is 23.2 Å². The molecule has 5 nitrogen and oxygen atoms in total. The number of hydrogen-bond donors (Lipinski definition) is 1. The number of carbonyl (C=O) groups excluding carboxylic acids is 2. The molecule has 1 fully saturated rings. The average molecular weight is 362 g/mol. The van der Waals surface area contributed by atoms with E-state index in [0.29, 0.717) is 28.6 Å². The summed E-state index contributed by atoms with van der Waals surface area (Å²) in [5, 5.41) is 4.02. The Labute approximate surface area is 148 Å². The second kappa shape index (κ2) is 5.46. The highest BCUT2D eigenvalue weighted by Crippen LogP contribution is 2.42. The van der Waals surface area contributed by atoms with Crippen LogP contribution in [-0.2, 0) is 23.3 Å². The summed E-state index contributed by atoms with van der Waals surface area (Å²) in [5.74, 6) is -0.254. The molecule has 1 saturated heterocycles. The van der Waals surface area contributed by atoms with Crippen molar-refractivity contribution in [3.8, 4) is 0 Å². The fourth-order valence-electron chi connectivity index (χ4n) is 3.46. The number of aromatic nitrogens is 1. The summed E-state index contributed by atoms with van der Waals surface area (Å²) in [4.78, 5) is 30.8. The molecule has 0 saturated carbocycles. The predicted molar refractivity (Wildman–Crippen MR) is 89.8 cm³/mol. The molecule has 122 valence electrons. The number of nitrogens with zero attached hydrogens (tertiary/aromatic N) is 2. The lowest BCUT2D eigenvalue weighted by Gasteiger charge is -2.22. The monoisotopic (exact) mass is 361 g/mol. The molecular weight excluding hydrogens is 349 g/mol. The van der Waals surface area contributed by atoms with Crippen LogP contribution in [0.4, 0.5) is 4.79 Å². The predicted octanol–water partition coefficient (Wildman–Crippen LogP) is 3.28. The Morgan fingerprint density at radius 1 is 1.17 bits per heavy atom. The van der Waals surface area contributed by atoms with Crippen LogP contribution in [0.5, 0.6) is 0 Å². The van der Waals surface area contributed by atoms with Crippen LogP contribution < -0.4 is 5.32 Å². The van der Waals surface area contributed by atoms with E-state index in [2.05, 4.69) is 10.3 Å². The summed E-state index contributed by atoms with van der Waals surface area (Å²) in [6, 6.07) is 8.31. The van der Waals surface area contributed by atoms with Crippen LogP contribution in [0.15, 0.2) is 36.5 Å². The third-order valence-corrected chi connectivity index (χ3v) is 5.04. The summed E-state index contributed by atoms with van der Waals surface area (Å²) in [6.45, 7) is 0.0932. The van der Waals surface area contributed by atoms with Gasteiger partial charge in [-0.15, -0.1) is 0 Å². The van der Waals surface area contributed by atoms with Crippen molar-refractivity contribution in [1.82, 2.24) is 15.2 Å². The van der Waals surface area contributed by atoms with Crippen molar-refractivity contribution in [2.45, 2.75) is 24.9 Å². The topological polar surface area (TPSA) is 62.3 Å². The van der Waals surface area contributed by atoms with Crippen LogP contribution in [-0.4, -0.2) is 21.8 Å². The number of aryl methyl sites for hydroxylation is 1. The van der Waals surface area contributed by atoms with Gasteiger partial charge in [0, 0.05) is 16.2 Å². The Kier molecular flexibility index (Phi) is 3.51. The van der Waals surface area contributed by atoms with Crippen molar-refractivity contribution in [2.75, 3.05) is 0 Å². The molecule has 24 heavy (non-hydrogen) atoms. The van der Waals surface area contributed by atoms with Crippen molar-refractivity contribution < 1.29 is 9.59 Å². The summed E-state index contributed by atoms with van der Waals surface area (Å²) in [7, 11) is 0. The van der Waals surface area contributed by atoms with Gasteiger partial charge in [-0.1, -0.05) is 29.3 Å². The number of pyridine rings is 1. The van der Waals surface area contributed by atoms with Gasteiger partial charge in [0.25, 0.3) is 5.91 Å². The molecular formula is C17H13Cl2N3O2. The largest absolute Gasteiger partial charge is 0.325 e. The normalized spacial score (nSPS) is 22.2. The summed E-state index contributed by atoms with van der Waals surface area (Å²) in [5.41, 5.74) is 1.40. The van der Waals surface area contributed by atoms with Gasteiger partial charge in [0.15, 0.2) is 0 Å². The minimum atomic E-state index is -0.990. The second-order valence-electron chi connectivity index (χ2n) is 5.99. The average Bonchev–Trinajstić information content (AvgIpc) is 3.01. The molecule has 4 rings (SSSR count).